The number of hydrogen-bond acceptors (Lipinski definition) is 3. The number of likely N-dealkylation sites (tertiary alicyclic amines) is 1. The summed E-state index contributed by atoms with van der Waals surface area (Å²) < 4.78 is 25.7. The molecule has 1 N–H and O–H groups in total. The summed E-state index contributed by atoms with van der Waals surface area (Å²) in [5.74, 6) is 5.12. The van der Waals surface area contributed by atoms with Crippen LogP contribution in [0.25, 0.3) is 0 Å². The largest absolute Gasteiger partial charge is 0.306 e. The predicted octanol–water partition coefficient (Wildman–Crippen LogP) is -0.614. The molecule has 0 aromatic carbocycles. The van der Waals surface area contributed by atoms with Crippen molar-refractivity contribution in [3.05, 3.63) is 0 Å². The number of nitrogens with one attached hydrogen (secondary N) is 1. The van der Waals surface area contributed by atoms with Gasteiger partial charge in [0.2, 0.25) is 10.0 Å². The van der Waals surface area contributed by atoms with Crippen LogP contribution < -0.4 is 4.72 Å². The van der Waals surface area contributed by atoms with Crippen LogP contribution in [0.5, 0.6) is 0 Å². The first-order valence-electron chi connectivity index (χ1n) is 4.79. The van der Waals surface area contributed by atoms with Gasteiger partial charge in [-0.3, -0.25) is 0 Å². The van der Waals surface area contributed by atoms with Gasteiger partial charge >= 0.3 is 0 Å². The SMILES string of the molecule is CN1CCC(NS(=O)(=O)C2C#C2)CC1. The molecule has 14 heavy (non-hydrogen) atoms. The summed E-state index contributed by atoms with van der Waals surface area (Å²) in [6.45, 7) is 1.91. The number of sulfonamides is 1. The molecule has 2 aliphatic rings. The van der Waals surface area contributed by atoms with Crippen molar-refractivity contribution in [3.63, 3.8) is 0 Å². The molecule has 1 aliphatic heterocycles. The Labute approximate surface area is 84.7 Å². The zero-order valence-electron chi connectivity index (χ0n) is 8.16. The van der Waals surface area contributed by atoms with Crippen molar-refractivity contribution in [1.29, 1.82) is 0 Å². The fourth-order valence-electron chi connectivity index (χ4n) is 1.62. The quantitative estimate of drug-likeness (QED) is 0.637. The monoisotopic (exact) mass is 214 g/mol. The van der Waals surface area contributed by atoms with E-state index in [2.05, 4.69) is 28.5 Å². The number of piperidine rings is 1. The molecule has 78 valence electrons. The molecule has 1 fully saturated rings. The fraction of sp³-hybridized carbons (Fsp3) is 0.778. The van der Waals surface area contributed by atoms with Gasteiger partial charge in [0.15, 0.2) is 5.25 Å². The van der Waals surface area contributed by atoms with Crippen LogP contribution in [0.3, 0.4) is 0 Å². The van der Waals surface area contributed by atoms with Crippen molar-refractivity contribution in [2.24, 2.45) is 0 Å². The molecule has 0 aromatic heterocycles. The van der Waals surface area contributed by atoms with Crippen LogP contribution in [0, 0.1) is 11.8 Å². The highest BCUT2D eigenvalue weighted by Gasteiger charge is 2.31. The third kappa shape index (κ3) is 2.27. The van der Waals surface area contributed by atoms with Gasteiger partial charge in [0, 0.05) is 6.04 Å². The van der Waals surface area contributed by atoms with Crippen LogP contribution in [0.4, 0.5) is 0 Å². The summed E-state index contributed by atoms with van der Waals surface area (Å²) in [5, 5.41) is -0.581. The molecule has 0 atom stereocenters. The molecule has 1 aliphatic carbocycles. The zero-order valence-corrected chi connectivity index (χ0v) is 8.97. The van der Waals surface area contributed by atoms with Gasteiger partial charge in [-0.05, 0) is 33.0 Å². The second-order valence-electron chi connectivity index (χ2n) is 3.91. The Bertz CT molecular complexity index is 363. The van der Waals surface area contributed by atoms with Crippen LogP contribution in [-0.2, 0) is 10.0 Å². The maximum Gasteiger partial charge on any atom is 0.237 e. The van der Waals surface area contributed by atoms with Gasteiger partial charge < -0.3 is 4.90 Å². The topological polar surface area (TPSA) is 49.4 Å². The number of hydrogen-bond donors (Lipinski definition) is 1. The van der Waals surface area contributed by atoms with Crippen LogP contribution in [0.1, 0.15) is 12.8 Å². The summed E-state index contributed by atoms with van der Waals surface area (Å²) >= 11 is 0. The van der Waals surface area contributed by atoms with Crippen molar-refractivity contribution in [3.8, 4) is 11.8 Å². The molecule has 0 aromatic rings. The van der Waals surface area contributed by atoms with Crippen LogP contribution in [-0.4, -0.2) is 44.7 Å². The molecular formula is C9H14N2O2S. The van der Waals surface area contributed by atoms with Crippen LogP contribution >= 0.6 is 0 Å². The molecule has 2 rings (SSSR count). The van der Waals surface area contributed by atoms with E-state index in [9.17, 15) is 8.42 Å². The summed E-state index contributed by atoms with van der Waals surface area (Å²) in [5.41, 5.74) is 0. The van der Waals surface area contributed by atoms with Gasteiger partial charge in [0.05, 0.1) is 0 Å². The summed E-state index contributed by atoms with van der Waals surface area (Å²) in [7, 11) is -1.14. The van der Waals surface area contributed by atoms with E-state index in [1.807, 2.05) is 0 Å². The highest BCUT2D eigenvalue weighted by atomic mass is 32.2. The van der Waals surface area contributed by atoms with Gasteiger partial charge in [-0.2, -0.15) is 0 Å². The van der Waals surface area contributed by atoms with Crippen LogP contribution in [0.2, 0.25) is 0 Å². The second-order valence-corrected chi connectivity index (χ2v) is 5.71. The van der Waals surface area contributed by atoms with E-state index in [0.717, 1.165) is 25.9 Å². The van der Waals surface area contributed by atoms with Crippen molar-refractivity contribution in [2.45, 2.75) is 24.1 Å². The average molecular weight is 214 g/mol. The Hall–Kier alpha value is -0.570. The summed E-state index contributed by atoms with van der Waals surface area (Å²) in [6, 6.07) is 0.0976. The summed E-state index contributed by atoms with van der Waals surface area (Å²) in [6.07, 6.45) is 1.78. The van der Waals surface area contributed by atoms with E-state index in [1.54, 1.807) is 0 Å². The first-order valence-corrected chi connectivity index (χ1v) is 6.33. The molecule has 0 saturated carbocycles. The molecule has 5 heteroatoms. The predicted molar refractivity (Wildman–Crippen MR) is 54.1 cm³/mol. The Morgan fingerprint density at radius 2 is 1.86 bits per heavy atom. The standard InChI is InChI=1S/C9H14N2O2S/c1-11-6-4-8(5-7-11)10-14(12,13)9-2-3-9/h8-10H,4-7H2,1H3. The lowest BCUT2D eigenvalue weighted by atomic mass is 10.1. The van der Waals surface area contributed by atoms with Gasteiger partial charge in [0.25, 0.3) is 0 Å². The van der Waals surface area contributed by atoms with Crippen molar-refractivity contribution in [2.75, 3.05) is 20.1 Å². The lowest BCUT2D eigenvalue weighted by Gasteiger charge is -2.29. The van der Waals surface area contributed by atoms with Gasteiger partial charge in [-0.25, -0.2) is 13.1 Å². The molecule has 0 bridgehead atoms. The Morgan fingerprint density at radius 3 is 2.36 bits per heavy atom. The van der Waals surface area contributed by atoms with Crippen molar-refractivity contribution < 1.29 is 8.42 Å². The number of nitrogens with zero attached hydrogens (tertiary/aromatic N) is 1. The first kappa shape index (κ1) is 9.97. The highest BCUT2D eigenvalue weighted by molar-refractivity contribution is 7.90. The van der Waals surface area contributed by atoms with E-state index in [0.29, 0.717) is 0 Å². The number of rotatable bonds is 3. The van der Waals surface area contributed by atoms with E-state index < -0.39 is 15.3 Å². The van der Waals surface area contributed by atoms with E-state index in [4.69, 9.17) is 0 Å². The third-order valence-electron chi connectivity index (χ3n) is 2.62. The Kier molecular flexibility index (Phi) is 2.52. The average Bonchev–Trinajstić information content (AvgIpc) is 2.91. The van der Waals surface area contributed by atoms with E-state index in [-0.39, 0.29) is 6.04 Å². The molecule has 0 amide bonds. The molecule has 0 spiro atoms. The molecule has 0 radical (unpaired) electrons. The minimum atomic E-state index is -3.19. The first-order chi connectivity index (χ1) is 6.58. The second kappa shape index (κ2) is 3.54. The summed E-state index contributed by atoms with van der Waals surface area (Å²) in [4.78, 5) is 2.21. The minimum absolute atomic E-state index is 0.0976. The smallest absolute Gasteiger partial charge is 0.237 e. The van der Waals surface area contributed by atoms with Crippen molar-refractivity contribution >= 4 is 10.0 Å². The highest BCUT2D eigenvalue weighted by Crippen LogP contribution is 2.13. The van der Waals surface area contributed by atoms with E-state index >= 15 is 0 Å². The minimum Gasteiger partial charge on any atom is -0.306 e. The maximum absolute atomic E-state index is 11.5. The third-order valence-corrected chi connectivity index (χ3v) is 4.14. The molecule has 1 heterocycles. The van der Waals surface area contributed by atoms with Crippen LogP contribution in [0.15, 0.2) is 0 Å². The molecule has 4 nitrogen and oxygen atoms in total. The zero-order chi connectivity index (χ0) is 10.2. The lowest BCUT2D eigenvalue weighted by Crippen LogP contribution is -2.44. The normalized spacial score (nSPS) is 24.4. The maximum atomic E-state index is 11.5. The van der Waals surface area contributed by atoms with Gasteiger partial charge in [0.1, 0.15) is 0 Å². The van der Waals surface area contributed by atoms with Gasteiger partial charge in [-0.1, -0.05) is 11.8 Å². The molecular weight excluding hydrogens is 200 g/mol. The van der Waals surface area contributed by atoms with Gasteiger partial charge in [-0.15, -0.1) is 0 Å². The lowest BCUT2D eigenvalue weighted by molar-refractivity contribution is 0.248. The fourth-order valence-corrected chi connectivity index (χ4v) is 2.83. The molecule has 1 saturated heterocycles. The molecule has 0 unspecified atom stereocenters. The van der Waals surface area contributed by atoms with E-state index in [1.165, 1.54) is 0 Å². The Morgan fingerprint density at radius 1 is 1.29 bits per heavy atom. The van der Waals surface area contributed by atoms with Crippen molar-refractivity contribution in [1.82, 2.24) is 9.62 Å². The Balaban J connectivity index is 1.85.